The Morgan fingerprint density at radius 2 is 2.10 bits per heavy atom. The van der Waals surface area contributed by atoms with Crippen molar-refractivity contribution in [2.24, 2.45) is 5.73 Å². The van der Waals surface area contributed by atoms with Crippen molar-refractivity contribution in [1.82, 2.24) is 9.55 Å². The van der Waals surface area contributed by atoms with E-state index in [9.17, 15) is 14.7 Å². The van der Waals surface area contributed by atoms with Crippen LogP contribution in [0, 0.1) is 6.92 Å². The van der Waals surface area contributed by atoms with E-state index in [1.807, 2.05) is 19.1 Å². The highest BCUT2D eigenvalue weighted by Gasteiger charge is 2.45. The maximum atomic E-state index is 13.4. The van der Waals surface area contributed by atoms with Crippen LogP contribution in [0.3, 0.4) is 0 Å². The Morgan fingerprint density at radius 3 is 2.87 bits per heavy atom. The van der Waals surface area contributed by atoms with Crippen molar-refractivity contribution in [2.75, 3.05) is 6.61 Å². The number of nitrogens with zero attached hydrogens (tertiary/aromatic N) is 2. The van der Waals surface area contributed by atoms with Crippen molar-refractivity contribution in [1.29, 1.82) is 0 Å². The summed E-state index contributed by atoms with van der Waals surface area (Å²) in [6, 6.07) is 5.26. The predicted octanol–water partition coefficient (Wildman–Crippen LogP) is 1.78. The molecule has 0 bridgehead atoms. The van der Waals surface area contributed by atoms with Gasteiger partial charge < -0.3 is 24.9 Å². The van der Waals surface area contributed by atoms with Crippen molar-refractivity contribution in [3.63, 3.8) is 0 Å². The molecule has 8 nitrogen and oxygen atoms in total. The van der Waals surface area contributed by atoms with Crippen LogP contribution in [-0.4, -0.2) is 27.2 Å². The second-order valence-electron chi connectivity index (χ2n) is 8.48. The van der Waals surface area contributed by atoms with Gasteiger partial charge in [0.25, 0.3) is 5.56 Å². The number of cyclic esters (lactones) is 1. The standard InChI is InChI=1S/C23H21N3O5/c1-3-23(29)13-6-16-19-11(7-26(16)21(27)12(13)8-31-22(23)28)17-14(24)9-30-20-10(2)4-5-15(25-19)18(17)20/h4-6,14,29H,3,7-9,24H2,1-2H3/t14-,23-/m0/s1. The van der Waals surface area contributed by atoms with Gasteiger partial charge >= 0.3 is 5.97 Å². The fourth-order valence-electron chi connectivity index (χ4n) is 5.13. The van der Waals surface area contributed by atoms with Crippen LogP contribution in [-0.2, 0) is 28.3 Å². The summed E-state index contributed by atoms with van der Waals surface area (Å²) in [5, 5.41) is 11.9. The lowest BCUT2D eigenvalue weighted by Crippen LogP contribution is -2.44. The van der Waals surface area contributed by atoms with Crippen molar-refractivity contribution in [3.05, 3.63) is 56.4 Å². The Balaban J connectivity index is 1.69. The smallest absolute Gasteiger partial charge is 0.343 e. The molecule has 3 aliphatic rings. The number of aromatic nitrogens is 2. The van der Waals surface area contributed by atoms with E-state index in [0.717, 1.165) is 33.3 Å². The van der Waals surface area contributed by atoms with Gasteiger partial charge in [0.1, 0.15) is 19.0 Å². The zero-order chi connectivity index (χ0) is 21.7. The van der Waals surface area contributed by atoms with Gasteiger partial charge in [-0.2, -0.15) is 0 Å². The summed E-state index contributed by atoms with van der Waals surface area (Å²) in [5.41, 5.74) is 9.79. The molecule has 0 amide bonds. The maximum Gasteiger partial charge on any atom is 0.343 e. The third-order valence-electron chi connectivity index (χ3n) is 6.82. The second-order valence-corrected chi connectivity index (χ2v) is 8.48. The monoisotopic (exact) mass is 419 g/mol. The molecule has 1 aromatic carbocycles. The number of nitrogens with two attached hydrogens (primary N) is 1. The molecule has 3 N–H and O–H groups in total. The molecular formula is C23H21N3O5. The first kappa shape index (κ1) is 18.5. The second kappa shape index (κ2) is 5.93. The van der Waals surface area contributed by atoms with E-state index in [1.54, 1.807) is 17.6 Å². The lowest BCUT2D eigenvalue weighted by Gasteiger charge is -2.31. The van der Waals surface area contributed by atoms with Crippen LogP contribution in [0.25, 0.3) is 22.3 Å². The van der Waals surface area contributed by atoms with Crippen LogP contribution >= 0.6 is 0 Å². The van der Waals surface area contributed by atoms with E-state index >= 15 is 0 Å². The highest BCUT2D eigenvalue weighted by Crippen LogP contribution is 2.45. The van der Waals surface area contributed by atoms with Crippen LogP contribution in [0.5, 0.6) is 5.75 Å². The molecule has 158 valence electrons. The third kappa shape index (κ3) is 2.18. The van der Waals surface area contributed by atoms with Gasteiger partial charge in [-0.3, -0.25) is 4.79 Å². The molecule has 0 aliphatic carbocycles. The number of hydrogen-bond acceptors (Lipinski definition) is 7. The number of carbonyl (C=O) groups excluding carboxylic acids is 1. The van der Waals surface area contributed by atoms with Gasteiger partial charge in [0.15, 0.2) is 5.60 Å². The van der Waals surface area contributed by atoms with Gasteiger partial charge in [-0.15, -0.1) is 0 Å². The van der Waals surface area contributed by atoms with Crippen molar-refractivity contribution < 1.29 is 19.4 Å². The summed E-state index contributed by atoms with van der Waals surface area (Å²) < 4.78 is 12.7. The summed E-state index contributed by atoms with van der Waals surface area (Å²) in [7, 11) is 0. The Bertz CT molecular complexity index is 1390. The normalized spacial score (nSPS) is 23.1. The van der Waals surface area contributed by atoms with Gasteiger partial charge in [-0.25, -0.2) is 9.78 Å². The first-order valence-electron chi connectivity index (χ1n) is 10.4. The van der Waals surface area contributed by atoms with Crippen molar-refractivity contribution in [3.8, 4) is 17.1 Å². The number of aliphatic hydroxyl groups is 1. The minimum Gasteiger partial charge on any atom is -0.491 e. The molecule has 2 atom stereocenters. The fraction of sp³-hybridized carbons (Fsp3) is 0.348. The fourth-order valence-corrected chi connectivity index (χ4v) is 5.13. The summed E-state index contributed by atoms with van der Waals surface area (Å²) in [6.07, 6.45) is 0.107. The van der Waals surface area contributed by atoms with Crippen LogP contribution in [0.1, 0.15) is 47.2 Å². The molecule has 0 unspecified atom stereocenters. The highest BCUT2D eigenvalue weighted by molar-refractivity contribution is 5.95. The van der Waals surface area contributed by atoms with Crippen LogP contribution in [0.4, 0.5) is 0 Å². The number of carbonyl (C=O) groups is 1. The quantitative estimate of drug-likeness (QED) is 0.452. The molecule has 31 heavy (non-hydrogen) atoms. The van der Waals surface area contributed by atoms with E-state index in [-0.39, 0.29) is 24.6 Å². The van der Waals surface area contributed by atoms with Crippen molar-refractivity contribution >= 4 is 16.9 Å². The number of benzene rings is 1. The Labute approximate surface area is 177 Å². The van der Waals surface area contributed by atoms with Crippen LogP contribution in [0.15, 0.2) is 23.0 Å². The topological polar surface area (TPSA) is 117 Å². The van der Waals surface area contributed by atoms with Gasteiger partial charge in [-0.1, -0.05) is 13.0 Å². The first-order valence-corrected chi connectivity index (χ1v) is 10.4. The molecule has 3 aromatic rings. The van der Waals surface area contributed by atoms with E-state index in [2.05, 4.69) is 0 Å². The zero-order valence-electron chi connectivity index (χ0n) is 17.2. The molecule has 0 saturated heterocycles. The van der Waals surface area contributed by atoms with Gasteiger partial charge in [0, 0.05) is 16.5 Å². The Kier molecular flexibility index (Phi) is 3.54. The lowest BCUT2D eigenvalue weighted by molar-refractivity contribution is -0.172. The number of esters is 1. The van der Waals surface area contributed by atoms with E-state index in [4.69, 9.17) is 20.2 Å². The van der Waals surface area contributed by atoms with E-state index in [0.29, 0.717) is 35.7 Å². The number of pyridine rings is 2. The average Bonchev–Trinajstić information content (AvgIpc) is 3.13. The molecule has 0 radical (unpaired) electrons. The Morgan fingerprint density at radius 1 is 1.29 bits per heavy atom. The summed E-state index contributed by atoms with van der Waals surface area (Å²) in [6.45, 7) is 4.20. The number of hydrogen-bond donors (Lipinski definition) is 2. The van der Waals surface area contributed by atoms with Crippen LogP contribution in [0.2, 0.25) is 0 Å². The lowest BCUT2D eigenvalue weighted by atomic mass is 9.86. The number of rotatable bonds is 1. The van der Waals surface area contributed by atoms with E-state index < -0.39 is 11.6 Å². The number of fused-ring (bicyclic) bond motifs is 5. The highest BCUT2D eigenvalue weighted by atomic mass is 16.6. The third-order valence-corrected chi connectivity index (χ3v) is 6.82. The maximum absolute atomic E-state index is 13.4. The average molecular weight is 419 g/mol. The van der Waals surface area contributed by atoms with Gasteiger partial charge in [0.2, 0.25) is 0 Å². The molecular weight excluding hydrogens is 398 g/mol. The van der Waals surface area contributed by atoms with Crippen molar-refractivity contribution in [2.45, 2.75) is 45.1 Å². The molecule has 6 rings (SSSR count). The number of ether oxygens (including phenoxy) is 2. The molecule has 0 saturated carbocycles. The number of aryl methyl sites for hydroxylation is 1. The molecule has 0 fully saturated rings. The van der Waals surface area contributed by atoms with Gasteiger partial charge in [-0.05, 0) is 36.6 Å². The SMILES string of the molecule is CC[C@@]1(O)C(=O)OCc2c1cc1n(c2=O)Cc2c-1nc1ccc(C)c3c1c2[C@@H](N)CO3. The molecule has 5 heterocycles. The molecule has 8 heteroatoms. The summed E-state index contributed by atoms with van der Waals surface area (Å²) in [4.78, 5) is 30.6. The molecule has 0 spiro atoms. The first-order chi connectivity index (χ1) is 14.8. The summed E-state index contributed by atoms with van der Waals surface area (Å²) in [5.74, 6) is 0.0531. The predicted molar refractivity (Wildman–Crippen MR) is 112 cm³/mol. The van der Waals surface area contributed by atoms with Gasteiger partial charge in [0.05, 0.1) is 35.1 Å². The molecule has 3 aliphatic heterocycles. The summed E-state index contributed by atoms with van der Waals surface area (Å²) >= 11 is 0. The zero-order valence-corrected chi connectivity index (χ0v) is 17.2. The Hall–Kier alpha value is -3.23. The minimum absolute atomic E-state index is 0.107. The minimum atomic E-state index is -1.84. The molecule has 2 aromatic heterocycles. The largest absolute Gasteiger partial charge is 0.491 e. The van der Waals surface area contributed by atoms with E-state index in [1.165, 1.54) is 0 Å². The van der Waals surface area contributed by atoms with Crippen LogP contribution < -0.4 is 16.0 Å².